The number of carbonyl (C=O) groups is 2. The Morgan fingerprint density at radius 3 is 2.18 bits per heavy atom. The van der Waals surface area contributed by atoms with Gasteiger partial charge in [0, 0.05) is 30.6 Å². The quantitative estimate of drug-likeness (QED) is 0.498. The number of benzene rings is 2. The van der Waals surface area contributed by atoms with Crippen LogP contribution in [0.4, 0.5) is 4.79 Å². The van der Waals surface area contributed by atoms with Gasteiger partial charge < -0.3 is 19.6 Å². The molecule has 1 atom stereocenters. The molecule has 0 unspecified atom stereocenters. The molecule has 0 bridgehead atoms. The number of piperidine rings is 1. The van der Waals surface area contributed by atoms with Crippen molar-refractivity contribution in [2.24, 2.45) is 5.41 Å². The number of nitrogens with zero attached hydrogens (tertiary/aromatic N) is 1. The third-order valence-corrected chi connectivity index (χ3v) is 7.51. The summed E-state index contributed by atoms with van der Waals surface area (Å²) in [6.45, 7) is 3.58. The number of fused-ring (bicyclic) bond motifs is 3. The van der Waals surface area contributed by atoms with Gasteiger partial charge >= 0.3 is 12.1 Å². The lowest BCUT2D eigenvalue weighted by atomic mass is 9.69. The maximum absolute atomic E-state index is 12.9. The van der Waals surface area contributed by atoms with Gasteiger partial charge in [-0.25, -0.2) is 9.59 Å². The average Bonchev–Trinajstić information content (AvgIpc) is 3.15. The summed E-state index contributed by atoms with van der Waals surface area (Å²) in [5.74, 6) is 4.86. The molecule has 1 aliphatic heterocycles. The molecule has 1 amide bonds. The number of ether oxygens (including phenoxy) is 1. The van der Waals surface area contributed by atoms with E-state index in [4.69, 9.17) is 4.74 Å². The molecular formula is C28H33N2O4+. The van der Waals surface area contributed by atoms with Crippen LogP contribution in [0.3, 0.4) is 0 Å². The zero-order valence-corrected chi connectivity index (χ0v) is 20.1. The fourth-order valence-corrected chi connectivity index (χ4v) is 5.35. The van der Waals surface area contributed by atoms with Crippen molar-refractivity contribution >= 4 is 12.1 Å². The van der Waals surface area contributed by atoms with Gasteiger partial charge in [-0.3, -0.25) is 0 Å². The Morgan fingerprint density at radius 1 is 1.09 bits per heavy atom. The standard InChI is InChI=1S/C28H32N2O4/c1-4-5-14-28(15-17-30(2,3)18-16-28)25(26(31)32)29-27(33)34-19-24-22-12-8-6-10-20(22)21-11-7-9-13-23(21)24/h6-13,24-25H,14-19H2,1-3H3,(H-,29,31,32,33)/p+1/t25-/m1/s1. The molecule has 0 radical (unpaired) electrons. The van der Waals surface area contributed by atoms with E-state index >= 15 is 0 Å². The topological polar surface area (TPSA) is 75.6 Å². The van der Waals surface area contributed by atoms with E-state index in [1.165, 1.54) is 0 Å². The van der Waals surface area contributed by atoms with Crippen LogP contribution in [0.1, 0.15) is 43.2 Å². The van der Waals surface area contributed by atoms with E-state index in [1.807, 2.05) is 24.3 Å². The van der Waals surface area contributed by atoms with E-state index in [-0.39, 0.29) is 12.5 Å². The third kappa shape index (κ3) is 4.67. The molecule has 4 rings (SSSR count). The molecule has 2 N–H and O–H groups in total. The second kappa shape index (κ2) is 9.52. The Labute approximate surface area is 201 Å². The van der Waals surface area contributed by atoms with Crippen molar-refractivity contribution in [2.45, 2.75) is 38.1 Å². The predicted molar refractivity (Wildman–Crippen MR) is 131 cm³/mol. The van der Waals surface area contributed by atoms with Crippen LogP contribution >= 0.6 is 0 Å². The molecule has 1 saturated heterocycles. The molecular weight excluding hydrogens is 428 g/mol. The van der Waals surface area contributed by atoms with Crippen molar-refractivity contribution in [2.75, 3.05) is 33.8 Å². The second-order valence-electron chi connectivity index (χ2n) is 10.1. The van der Waals surface area contributed by atoms with Crippen LogP contribution in [0, 0.1) is 17.3 Å². The van der Waals surface area contributed by atoms with E-state index < -0.39 is 23.5 Å². The molecule has 34 heavy (non-hydrogen) atoms. The van der Waals surface area contributed by atoms with Crippen molar-refractivity contribution in [1.82, 2.24) is 5.32 Å². The number of rotatable bonds is 6. The smallest absolute Gasteiger partial charge is 0.407 e. The van der Waals surface area contributed by atoms with Crippen LogP contribution in [-0.2, 0) is 9.53 Å². The van der Waals surface area contributed by atoms with Crippen LogP contribution < -0.4 is 5.32 Å². The lowest BCUT2D eigenvalue weighted by Gasteiger charge is -2.46. The van der Waals surface area contributed by atoms with Crippen molar-refractivity contribution in [1.29, 1.82) is 0 Å². The molecule has 0 aromatic heterocycles. The SMILES string of the molecule is CC#CCC1([C@H](NC(=O)OCC2c3ccccc3-c3ccccc32)C(=O)O)CC[N+](C)(C)CC1. The molecule has 1 fully saturated rings. The Balaban J connectivity index is 1.49. The van der Waals surface area contributed by atoms with Gasteiger partial charge in [-0.15, -0.1) is 11.8 Å². The lowest BCUT2D eigenvalue weighted by Crippen LogP contribution is -2.59. The first kappa shape index (κ1) is 23.8. The van der Waals surface area contributed by atoms with E-state index in [1.54, 1.807) is 6.92 Å². The number of nitrogens with one attached hydrogen (secondary N) is 1. The molecule has 2 aromatic carbocycles. The van der Waals surface area contributed by atoms with Gasteiger partial charge in [-0.1, -0.05) is 48.5 Å². The number of amides is 1. The number of hydrogen-bond donors (Lipinski definition) is 2. The Hall–Kier alpha value is -3.30. The van der Waals surface area contributed by atoms with Gasteiger partial charge in [0.05, 0.1) is 27.2 Å². The van der Waals surface area contributed by atoms with E-state index in [0.29, 0.717) is 19.3 Å². The highest BCUT2D eigenvalue weighted by Crippen LogP contribution is 2.44. The number of likely N-dealkylation sites (tertiary alicyclic amines) is 1. The third-order valence-electron chi connectivity index (χ3n) is 7.51. The number of carboxylic acid groups (broad SMARTS) is 1. The van der Waals surface area contributed by atoms with E-state index in [9.17, 15) is 14.7 Å². The zero-order valence-electron chi connectivity index (χ0n) is 20.1. The maximum atomic E-state index is 12.9. The summed E-state index contributed by atoms with van der Waals surface area (Å²) in [6.07, 6.45) is 1.09. The number of alkyl carbamates (subject to hydrolysis) is 1. The largest absolute Gasteiger partial charge is 0.480 e. The van der Waals surface area contributed by atoms with Crippen molar-refractivity contribution < 1.29 is 23.9 Å². The monoisotopic (exact) mass is 461 g/mol. The minimum absolute atomic E-state index is 0.0749. The fourth-order valence-electron chi connectivity index (χ4n) is 5.35. The number of carboxylic acids is 1. The number of carbonyl (C=O) groups excluding carboxylic acids is 1. The molecule has 1 aliphatic carbocycles. The molecule has 2 aliphatic rings. The number of quaternary nitrogens is 1. The van der Waals surface area contributed by atoms with Gasteiger partial charge in [0.2, 0.25) is 0 Å². The lowest BCUT2D eigenvalue weighted by molar-refractivity contribution is -0.897. The Bertz CT molecular complexity index is 1090. The van der Waals surface area contributed by atoms with Crippen molar-refractivity contribution in [3.63, 3.8) is 0 Å². The molecule has 2 aromatic rings. The Kier molecular flexibility index (Phi) is 6.67. The van der Waals surface area contributed by atoms with Crippen LogP contribution in [0.5, 0.6) is 0 Å². The minimum atomic E-state index is -1.05. The Morgan fingerprint density at radius 2 is 1.65 bits per heavy atom. The van der Waals surface area contributed by atoms with Crippen molar-refractivity contribution in [3.05, 3.63) is 59.7 Å². The molecule has 0 spiro atoms. The zero-order chi connectivity index (χ0) is 24.3. The molecule has 6 nitrogen and oxygen atoms in total. The normalized spacial score (nSPS) is 18.6. The van der Waals surface area contributed by atoms with Crippen LogP contribution in [0.15, 0.2) is 48.5 Å². The van der Waals surface area contributed by atoms with Gasteiger partial charge in [0.15, 0.2) is 0 Å². The number of hydrogen-bond acceptors (Lipinski definition) is 3. The van der Waals surface area contributed by atoms with Crippen molar-refractivity contribution in [3.8, 4) is 23.0 Å². The second-order valence-corrected chi connectivity index (χ2v) is 10.1. The minimum Gasteiger partial charge on any atom is -0.480 e. The highest BCUT2D eigenvalue weighted by molar-refractivity contribution is 5.81. The summed E-state index contributed by atoms with van der Waals surface area (Å²) >= 11 is 0. The first-order valence-electron chi connectivity index (χ1n) is 11.8. The van der Waals surface area contributed by atoms with Crippen LogP contribution in [0.2, 0.25) is 0 Å². The first-order chi connectivity index (χ1) is 16.3. The van der Waals surface area contributed by atoms with E-state index in [0.717, 1.165) is 39.8 Å². The van der Waals surface area contributed by atoms with Gasteiger partial charge in [0.25, 0.3) is 0 Å². The summed E-state index contributed by atoms with van der Waals surface area (Å²) in [7, 11) is 4.29. The summed E-state index contributed by atoms with van der Waals surface area (Å²) in [5.41, 5.74) is 3.92. The predicted octanol–water partition coefficient (Wildman–Crippen LogP) is 4.25. The molecule has 0 saturated carbocycles. The summed E-state index contributed by atoms with van der Waals surface area (Å²) < 4.78 is 6.48. The highest BCUT2D eigenvalue weighted by Gasteiger charge is 2.48. The van der Waals surface area contributed by atoms with Crippen LogP contribution in [-0.4, -0.2) is 61.5 Å². The fraction of sp³-hybridized carbons (Fsp3) is 0.429. The average molecular weight is 462 g/mol. The van der Waals surface area contributed by atoms with Gasteiger partial charge in [-0.2, -0.15) is 0 Å². The summed E-state index contributed by atoms with van der Waals surface area (Å²) in [6, 6.07) is 15.2. The molecule has 178 valence electrons. The molecule has 1 heterocycles. The number of aliphatic carboxylic acids is 1. The maximum Gasteiger partial charge on any atom is 0.407 e. The highest BCUT2D eigenvalue weighted by atomic mass is 16.5. The van der Waals surface area contributed by atoms with Gasteiger partial charge in [-0.05, 0) is 29.2 Å². The first-order valence-corrected chi connectivity index (χ1v) is 11.8. The molecule has 6 heteroatoms. The van der Waals surface area contributed by atoms with E-state index in [2.05, 4.69) is 55.5 Å². The summed E-state index contributed by atoms with van der Waals surface area (Å²) in [5, 5.41) is 12.8. The van der Waals surface area contributed by atoms with Gasteiger partial charge in [0.1, 0.15) is 12.6 Å². The van der Waals surface area contributed by atoms with Crippen LogP contribution in [0.25, 0.3) is 11.1 Å². The summed E-state index contributed by atoms with van der Waals surface area (Å²) in [4.78, 5) is 25.2.